The highest BCUT2D eigenvalue weighted by atomic mass is 35.5. The van der Waals surface area contributed by atoms with Crippen LogP contribution >= 0.6 is 23.2 Å². The number of hydrogen-bond acceptors (Lipinski definition) is 5. The molecule has 0 bridgehead atoms. The average molecular weight is 237 g/mol. The van der Waals surface area contributed by atoms with Gasteiger partial charge >= 0.3 is 5.97 Å². The molecule has 0 unspecified atom stereocenters. The zero-order valence-corrected chi connectivity index (χ0v) is 8.62. The molecule has 1 heterocycles. The number of anilines is 1. The van der Waals surface area contributed by atoms with Crippen molar-refractivity contribution in [2.75, 3.05) is 18.5 Å². The van der Waals surface area contributed by atoms with Crippen LogP contribution in [0.4, 0.5) is 5.95 Å². The Labute approximate surface area is 89.5 Å². The van der Waals surface area contributed by atoms with Crippen LogP contribution in [0.1, 0.15) is 0 Å². The minimum absolute atomic E-state index is 0.0720. The Hall–Kier alpha value is -1.14. The zero-order chi connectivity index (χ0) is 10.7. The quantitative estimate of drug-likeness (QED) is 0.833. The highest BCUT2D eigenvalue weighted by molar-refractivity contribution is 6.31. The van der Waals surface area contributed by atoms with Crippen LogP contribution in [0.5, 0.6) is 0 Å². The summed E-state index contributed by atoms with van der Waals surface area (Å²) >= 11 is 11.0. The molecule has 1 aromatic rings. The summed E-state index contributed by atoms with van der Waals surface area (Å²) < 4.78 is 0. The van der Waals surface area contributed by atoms with E-state index < -0.39 is 5.97 Å². The largest absolute Gasteiger partial charge is 0.480 e. The van der Waals surface area contributed by atoms with Gasteiger partial charge in [-0.05, 0) is 23.2 Å². The fourth-order valence-corrected chi connectivity index (χ4v) is 1.12. The molecule has 1 aromatic heterocycles. The minimum atomic E-state index is -1.000. The van der Waals surface area contributed by atoms with E-state index >= 15 is 0 Å². The van der Waals surface area contributed by atoms with Gasteiger partial charge in [-0.2, -0.15) is 15.0 Å². The third kappa shape index (κ3) is 2.97. The molecule has 1 N–H and O–H groups in total. The van der Waals surface area contributed by atoms with E-state index in [2.05, 4.69) is 15.0 Å². The van der Waals surface area contributed by atoms with E-state index in [1.807, 2.05) is 0 Å². The number of rotatable bonds is 3. The van der Waals surface area contributed by atoms with Gasteiger partial charge in [-0.1, -0.05) is 0 Å². The second-order valence-corrected chi connectivity index (χ2v) is 3.10. The Morgan fingerprint density at radius 2 is 1.86 bits per heavy atom. The number of carboxylic acids is 1. The molecule has 0 aromatic carbocycles. The summed E-state index contributed by atoms with van der Waals surface area (Å²) in [6.07, 6.45) is 0. The fourth-order valence-electron chi connectivity index (χ4n) is 0.760. The predicted molar refractivity (Wildman–Crippen MR) is 50.8 cm³/mol. The fraction of sp³-hybridized carbons (Fsp3) is 0.333. The van der Waals surface area contributed by atoms with E-state index in [0.717, 1.165) is 0 Å². The van der Waals surface area contributed by atoms with Crippen LogP contribution in [0.25, 0.3) is 0 Å². The SMILES string of the molecule is CN(CC(=O)O)c1nc(Cl)nc(Cl)n1. The molecule has 0 spiro atoms. The molecular weight excluding hydrogens is 231 g/mol. The molecule has 6 nitrogen and oxygen atoms in total. The summed E-state index contributed by atoms with van der Waals surface area (Å²) in [6.45, 7) is -0.239. The van der Waals surface area contributed by atoms with Crippen LogP contribution in [-0.2, 0) is 4.79 Å². The second-order valence-electron chi connectivity index (χ2n) is 2.42. The lowest BCUT2D eigenvalue weighted by molar-refractivity contribution is -0.135. The van der Waals surface area contributed by atoms with Crippen molar-refractivity contribution < 1.29 is 9.90 Å². The molecule has 0 saturated carbocycles. The van der Waals surface area contributed by atoms with Gasteiger partial charge in [-0.15, -0.1) is 0 Å². The van der Waals surface area contributed by atoms with Crippen molar-refractivity contribution in [1.82, 2.24) is 15.0 Å². The van der Waals surface area contributed by atoms with Crippen molar-refractivity contribution in [2.24, 2.45) is 0 Å². The van der Waals surface area contributed by atoms with Gasteiger partial charge in [0.15, 0.2) is 0 Å². The van der Waals surface area contributed by atoms with E-state index in [9.17, 15) is 4.79 Å². The molecule has 0 amide bonds. The molecule has 0 fully saturated rings. The molecule has 0 saturated heterocycles. The van der Waals surface area contributed by atoms with E-state index in [-0.39, 0.29) is 23.1 Å². The summed E-state index contributed by atoms with van der Waals surface area (Å²) in [5, 5.41) is 8.36. The van der Waals surface area contributed by atoms with Crippen molar-refractivity contribution in [1.29, 1.82) is 0 Å². The maximum Gasteiger partial charge on any atom is 0.323 e. The number of carbonyl (C=O) groups is 1. The lowest BCUT2D eigenvalue weighted by Crippen LogP contribution is -2.27. The Kier molecular flexibility index (Phi) is 3.43. The average Bonchev–Trinajstić information content (AvgIpc) is 2.00. The van der Waals surface area contributed by atoms with Crippen LogP contribution in [0.15, 0.2) is 0 Å². The van der Waals surface area contributed by atoms with Gasteiger partial charge < -0.3 is 10.0 Å². The third-order valence-electron chi connectivity index (χ3n) is 1.28. The molecule has 0 atom stereocenters. The van der Waals surface area contributed by atoms with Crippen LogP contribution in [0, 0.1) is 0 Å². The first-order valence-corrected chi connectivity index (χ1v) is 4.24. The van der Waals surface area contributed by atoms with Crippen molar-refractivity contribution >= 4 is 35.1 Å². The summed E-state index contributed by atoms with van der Waals surface area (Å²) in [4.78, 5) is 22.6. The van der Waals surface area contributed by atoms with Gasteiger partial charge in [0.2, 0.25) is 16.5 Å². The normalized spacial score (nSPS) is 9.93. The maximum absolute atomic E-state index is 10.4. The predicted octanol–water partition coefficient (Wildman–Crippen LogP) is 0.699. The van der Waals surface area contributed by atoms with Gasteiger partial charge in [0.1, 0.15) is 6.54 Å². The van der Waals surface area contributed by atoms with Crippen LogP contribution in [-0.4, -0.2) is 39.6 Å². The minimum Gasteiger partial charge on any atom is -0.480 e. The Morgan fingerprint density at radius 1 is 1.36 bits per heavy atom. The number of nitrogens with zero attached hydrogens (tertiary/aromatic N) is 4. The molecule has 1 rings (SSSR count). The molecule has 8 heteroatoms. The lowest BCUT2D eigenvalue weighted by Gasteiger charge is -2.13. The first-order chi connectivity index (χ1) is 6.49. The highest BCUT2D eigenvalue weighted by Gasteiger charge is 2.10. The summed E-state index contributed by atoms with van der Waals surface area (Å²) in [7, 11) is 1.51. The smallest absolute Gasteiger partial charge is 0.323 e. The van der Waals surface area contributed by atoms with Crippen molar-refractivity contribution in [3.05, 3.63) is 10.6 Å². The number of aromatic nitrogens is 3. The summed E-state index contributed by atoms with van der Waals surface area (Å²) in [5.74, 6) is -0.877. The number of halogens is 2. The van der Waals surface area contributed by atoms with Crippen LogP contribution in [0.3, 0.4) is 0 Å². The third-order valence-corrected chi connectivity index (χ3v) is 1.62. The molecule has 0 aliphatic rings. The zero-order valence-electron chi connectivity index (χ0n) is 7.11. The number of aliphatic carboxylic acids is 1. The molecular formula is C6H6Cl2N4O2. The first-order valence-electron chi connectivity index (χ1n) is 3.49. The Bertz CT molecular complexity index is 339. The summed E-state index contributed by atoms with van der Waals surface area (Å²) in [6, 6.07) is 0. The van der Waals surface area contributed by atoms with E-state index in [1.54, 1.807) is 0 Å². The van der Waals surface area contributed by atoms with Gasteiger partial charge in [-0.3, -0.25) is 4.79 Å². The highest BCUT2D eigenvalue weighted by Crippen LogP contribution is 2.12. The summed E-state index contributed by atoms with van der Waals surface area (Å²) in [5.41, 5.74) is 0. The van der Waals surface area contributed by atoms with Gasteiger partial charge in [0, 0.05) is 7.05 Å². The van der Waals surface area contributed by atoms with Crippen molar-refractivity contribution in [2.45, 2.75) is 0 Å². The maximum atomic E-state index is 10.4. The van der Waals surface area contributed by atoms with Gasteiger partial charge in [-0.25, -0.2) is 0 Å². The van der Waals surface area contributed by atoms with Gasteiger partial charge in [0.05, 0.1) is 0 Å². The standard InChI is InChI=1S/C6H6Cl2N4O2/c1-12(2-3(13)14)6-10-4(7)9-5(8)11-6/h2H2,1H3,(H,13,14). The molecule has 76 valence electrons. The molecule has 0 radical (unpaired) electrons. The van der Waals surface area contributed by atoms with Crippen LogP contribution < -0.4 is 4.90 Å². The van der Waals surface area contributed by atoms with Crippen molar-refractivity contribution in [3.63, 3.8) is 0 Å². The lowest BCUT2D eigenvalue weighted by atomic mass is 10.6. The van der Waals surface area contributed by atoms with E-state index in [4.69, 9.17) is 28.3 Å². The van der Waals surface area contributed by atoms with E-state index in [1.165, 1.54) is 11.9 Å². The first kappa shape index (κ1) is 10.9. The topological polar surface area (TPSA) is 79.2 Å². The second kappa shape index (κ2) is 4.39. The Balaban J connectivity index is 2.89. The molecule has 0 aliphatic carbocycles. The van der Waals surface area contributed by atoms with E-state index in [0.29, 0.717) is 0 Å². The molecule has 14 heavy (non-hydrogen) atoms. The number of hydrogen-bond donors (Lipinski definition) is 1. The molecule has 0 aliphatic heterocycles. The van der Waals surface area contributed by atoms with Crippen LogP contribution in [0.2, 0.25) is 10.6 Å². The van der Waals surface area contributed by atoms with Crippen molar-refractivity contribution in [3.8, 4) is 0 Å². The Morgan fingerprint density at radius 3 is 2.29 bits per heavy atom. The number of carboxylic acid groups (broad SMARTS) is 1. The van der Waals surface area contributed by atoms with Gasteiger partial charge in [0.25, 0.3) is 0 Å². The number of likely N-dealkylation sites (N-methyl/N-ethyl adjacent to an activating group) is 1. The monoisotopic (exact) mass is 236 g/mol.